The number of methoxy groups -OCH3 is 2. The van der Waals surface area contributed by atoms with E-state index in [9.17, 15) is 4.79 Å². The van der Waals surface area contributed by atoms with Gasteiger partial charge in [0.2, 0.25) is 5.91 Å². The Morgan fingerprint density at radius 1 is 1.10 bits per heavy atom. The fraction of sp³-hybridized carbons (Fsp3) is 0.400. The molecule has 1 atom stereocenters. The van der Waals surface area contributed by atoms with E-state index in [1.807, 2.05) is 41.4 Å². The van der Waals surface area contributed by atoms with Gasteiger partial charge in [0.1, 0.15) is 11.5 Å². The number of H-pyrrole nitrogens is 1. The molecule has 5 nitrogen and oxygen atoms in total. The van der Waals surface area contributed by atoms with Gasteiger partial charge < -0.3 is 19.4 Å². The number of amides is 1. The maximum absolute atomic E-state index is 13.3. The molecule has 1 aromatic heterocycles. The Balaban J connectivity index is 1.73. The van der Waals surface area contributed by atoms with Crippen LogP contribution in [0.2, 0.25) is 0 Å². The summed E-state index contributed by atoms with van der Waals surface area (Å²) in [4.78, 5) is 18.7. The highest BCUT2D eigenvalue weighted by Gasteiger charge is 2.28. The highest BCUT2D eigenvalue weighted by Crippen LogP contribution is 2.40. The summed E-state index contributed by atoms with van der Waals surface area (Å²) in [6, 6.07) is 14.1. The number of para-hydroxylation sites is 1. The van der Waals surface area contributed by atoms with E-state index in [1.54, 1.807) is 14.2 Å². The number of hydrogen-bond donors (Lipinski definition) is 1. The van der Waals surface area contributed by atoms with Crippen molar-refractivity contribution in [3.63, 3.8) is 0 Å². The van der Waals surface area contributed by atoms with E-state index in [4.69, 9.17) is 9.47 Å². The van der Waals surface area contributed by atoms with Crippen LogP contribution in [-0.4, -0.2) is 43.1 Å². The molecule has 1 amide bonds. The SMILES string of the molecule is COc1ccc(C(CC(=O)N2CCC(C)CC2)c2c[nH]c3ccccc23)c(OC)c1. The van der Waals surface area contributed by atoms with E-state index in [0.29, 0.717) is 12.3 Å². The minimum atomic E-state index is -0.103. The van der Waals surface area contributed by atoms with Crippen molar-refractivity contribution in [2.75, 3.05) is 27.3 Å². The van der Waals surface area contributed by atoms with Crippen LogP contribution in [-0.2, 0) is 4.79 Å². The van der Waals surface area contributed by atoms with E-state index in [-0.39, 0.29) is 11.8 Å². The first-order valence-corrected chi connectivity index (χ1v) is 10.7. The van der Waals surface area contributed by atoms with Gasteiger partial charge in [-0.05, 0) is 36.5 Å². The molecule has 30 heavy (non-hydrogen) atoms. The average molecular weight is 407 g/mol. The van der Waals surface area contributed by atoms with Crippen molar-refractivity contribution >= 4 is 16.8 Å². The molecule has 0 bridgehead atoms. The first-order chi connectivity index (χ1) is 14.6. The number of benzene rings is 2. The van der Waals surface area contributed by atoms with Crippen molar-refractivity contribution in [2.45, 2.75) is 32.1 Å². The van der Waals surface area contributed by atoms with Gasteiger partial charge in [-0.25, -0.2) is 0 Å². The molecule has 1 N–H and O–H groups in total. The number of fused-ring (bicyclic) bond motifs is 1. The monoisotopic (exact) mass is 406 g/mol. The van der Waals surface area contributed by atoms with Crippen LogP contribution >= 0.6 is 0 Å². The normalized spacial score (nSPS) is 15.9. The smallest absolute Gasteiger partial charge is 0.223 e. The molecule has 1 aliphatic heterocycles. The molecular formula is C25H30N2O3. The quantitative estimate of drug-likeness (QED) is 0.629. The first-order valence-electron chi connectivity index (χ1n) is 10.7. The number of nitrogens with zero attached hydrogens (tertiary/aromatic N) is 1. The van der Waals surface area contributed by atoms with E-state index < -0.39 is 0 Å². The van der Waals surface area contributed by atoms with Gasteiger partial charge >= 0.3 is 0 Å². The van der Waals surface area contributed by atoms with Crippen LogP contribution in [0.15, 0.2) is 48.7 Å². The molecule has 5 heteroatoms. The van der Waals surface area contributed by atoms with Gasteiger partial charge in [0.05, 0.1) is 14.2 Å². The average Bonchev–Trinajstić information content (AvgIpc) is 3.21. The molecule has 3 aromatic rings. The highest BCUT2D eigenvalue weighted by molar-refractivity contribution is 5.86. The maximum atomic E-state index is 13.3. The van der Waals surface area contributed by atoms with Crippen molar-refractivity contribution in [1.82, 2.24) is 9.88 Å². The van der Waals surface area contributed by atoms with Crippen molar-refractivity contribution in [3.05, 3.63) is 59.8 Å². The molecular weight excluding hydrogens is 376 g/mol. The lowest BCUT2D eigenvalue weighted by Gasteiger charge is -2.31. The number of carbonyl (C=O) groups is 1. The Morgan fingerprint density at radius 2 is 1.87 bits per heavy atom. The summed E-state index contributed by atoms with van der Waals surface area (Å²) in [7, 11) is 3.31. The lowest BCUT2D eigenvalue weighted by molar-refractivity contribution is -0.132. The number of aromatic amines is 1. The molecule has 2 aromatic carbocycles. The zero-order valence-electron chi connectivity index (χ0n) is 18.0. The van der Waals surface area contributed by atoms with Gasteiger partial charge in [-0.1, -0.05) is 31.2 Å². The molecule has 4 rings (SSSR count). The summed E-state index contributed by atoms with van der Waals surface area (Å²) in [6.45, 7) is 3.96. The third kappa shape index (κ3) is 4.02. The van der Waals surface area contributed by atoms with Gasteiger partial charge in [-0.3, -0.25) is 4.79 Å². The molecule has 0 radical (unpaired) electrons. The second-order valence-corrected chi connectivity index (χ2v) is 8.22. The Hall–Kier alpha value is -2.95. The number of piperidine rings is 1. The van der Waals surface area contributed by atoms with Crippen LogP contribution in [0.25, 0.3) is 10.9 Å². The predicted molar refractivity (Wildman–Crippen MR) is 119 cm³/mol. The second-order valence-electron chi connectivity index (χ2n) is 8.22. The largest absolute Gasteiger partial charge is 0.497 e. The number of likely N-dealkylation sites (tertiary alicyclic amines) is 1. The van der Waals surface area contributed by atoms with E-state index >= 15 is 0 Å². The van der Waals surface area contributed by atoms with Crippen LogP contribution in [0, 0.1) is 5.92 Å². The summed E-state index contributed by atoms with van der Waals surface area (Å²) in [6.07, 6.45) is 4.61. The summed E-state index contributed by atoms with van der Waals surface area (Å²) in [5.41, 5.74) is 3.19. The van der Waals surface area contributed by atoms with Crippen LogP contribution in [0.4, 0.5) is 0 Å². The molecule has 1 unspecified atom stereocenters. The third-order valence-electron chi connectivity index (χ3n) is 6.33. The number of carbonyl (C=O) groups excluding carboxylic acids is 1. The maximum Gasteiger partial charge on any atom is 0.223 e. The molecule has 0 spiro atoms. The van der Waals surface area contributed by atoms with Gasteiger partial charge in [0.25, 0.3) is 0 Å². The summed E-state index contributed by atoms with van der Waals surface area (Å²) in [5.74, 6) is 2.28. The molecule has 1 fully saturated rings. The highest BCUT2D eigenvalue weighted by atomic mass is 16.5. The standard InChI is InChI=1S/C25H30N2O3/c1-17-10-12-27(13-11-17)25(28)15-21(20-9-8-18(29-2)14-24(20)30-3)22-16-26-23-7-5-4-6-19(22)23/h4-9,14,16-17,21,26H,10-13,15H2,1-3H3. The third-order valence-corrected chi connectivity index (χ3v) is 6.33. The minimum absolute atomic E-state index is 0.103. The Bertz CT molecular complexity index is 1020. The lowest BCUT2D eigenvalue weighted by atomic mass is 9.86. The van der Waals surface area contributed by atoms with Gasteiger partial charge in [-0.15, -0.1) is 0 Å². The summed E-state index contributed by atoms with van der Waals surface area (Å²) in [5, 5.41) is 1.14. The molecule has 0 aliphatic carbocycles. The van der Waals surface area contributed by atoms with Crippen molar-refractivity contribution in [3.8, 4) is 11.5 Å². The van der Waals surface area contributed by atoms with Crippen LogP contribution in [0.5, 0.6) is 11.5 Å². The van der Waals surface area contributed by atoms with Gasteiger partial charge in [0.15, 0.2) is 0 Å². The fourth-order valence-corrected chi connectivity index (χ4v) is 4.44. The van der Waals surface area contributed by atoms with Gasteiger partial charge in [0, 0.05) is 54.2 Å². The number of nitrogens with one attached hydrogen (secondary N) is 1. The number of aromatic nitrogens is 1. The predicted octanol–water partition coefficient (Wildman–Crippen LogP) is 4.97. The van der Waals surface area contributed by atoms with Crippen LogP contribution in [0.1, 0.15) is 43.2 Å². The topological polar surface area (TPSA) is 54.6 Å². The lowest BCUT2D eigenvalue weighted by Crippen LogP contribution is -2.38. The zero-order chi connectivity index (χ0) is 21.1. The minimum Gasteiger partial charge on any atom is -0.497 e. The van der Waals surface area contributed by atoms with E-state index in [0.717, 1.165) is 59.5 Å². The van der Waals surface area contributed by atoms with E-state index in [1.165, 1.54) is 0 Å². The first kappa shape index (κ1) is 20.3. The van der Waals surface area contributed by atoms with Crippen molar-refractivity contribution < 1.29 is 14.3 Å². The molecule has 2 heterocycles. The summed E-state index contributed by atoms with van der Waals surface area (Å²) < 4.78 is 11.1. The number of rotatable bonds is 6. The molecule has 1 aliphatic rings. The van der Waals surface area contributed by atoms with Crippen LogP contribution in [0.3, 0.4) is 0 Å². The van der Waals surface area contributed by atoms with Crippen molar-refractivity contribution in [2.24, 2.45) is 5.92 Å². The zero-order valence-corrected chi connectivity index (χ0v) is 18.0. The van der Waals surface area contributed by atoms with Crippen LogP contribution < -0.4 is 9.47 Å². The Kier molecular flexibility index (Phi) is 5.98. The Morgan fingerprint density at radius 3 is 2.60 bits per heavy atom. The molecule has 158 valence electrons. The van der Waals surface area contributed by atoms with Crippen molar-refractivity contribution in [1.29, 1.82) is 0 Å². The summed E-state index contributed by atoms with van der Waals surface area (Å²) >= 11 is 0. The molecule has 1 saturated heterocycles. The number of hydrogen-bond acceptors (Lipinski definition) is 3. The Labute approximate surface area is 178 Å². The fourth-order valence-electron chi connectivity index (χ4n) is 4.44. The van der Waals surface area contributed by atoms with E-state index in [2.05, 4.69) is 24.0 Å². The molecule has 0 saturated carbocycles. The van der Waals surface area contributed by atoms with Gasteiger partial charge in [-0.2, -0.15) is 0 Å². The number of ether oxygens (including phenoxy) is 2. The second kappa shape index (κ2) is 8.82.